The molecule has 15 aromatic carbocycles. The quantitative estimate of drug-likeness (QED) is 0.111. The fourth-order valence-electron chi connectivity index (χ4n) is 20.0. The zero-order valence-electron chi connectivity index (χ0n) is 60.1. The van der Waals surface area contributed by atoms with Gasteiger partial charge in [0, 0.05) is 61.7 Å². The van der Waals surface area contributed by atoms with E-state index in [1.165, 1.54) is 171 Å². The van der Waals surface area contributed by atoms with Crippen LogP contribution in [0.5, 0.6) is 0 Å². The van der Waals surface area contributed by atoms with Crippen LogP contribution >= 0.6 is 0 Å². The second-order valence-corrected chi connectivity index (χ2v) is 32.3. The minimum absolute atomic E-state index is 0.0994. The van der Waals surface area contributed by atoms with E-state index in [4.69, 9.17) is 0 Å². The Labute approximate surface area is 609 Å². The number of benzene rings is 15. The molecule has 0 N–H and O–H groups in total. The first-order valence-electron chi connectivity index (χ1n) is 37.3. The van der Waals surface area contributed by atoms with Gasteiger partial charge < -0.3 is 9.80 Å². The zero-order chi connectivity index (χ0) is 69.9. The number of para-hydroxylation sites is 2. The van der Waals surface area contributed by atoms with Crippen LogP contribution in [-0.4, -0.2) is 0 Å². The molecular weight excluding hydrogens is 1250 g/mol. The molecule has 0 aliphatic heterocycles. The van der Waals surface area contributed by atoms with Gasteiger partial charge in [-0.05, 0) is 281 Å². The summed E-state index contributed by atoms with van der Waals surface area (Å²) in [6, 6.07) is 110. The van der Waals surface area contributed by atoms with Crippen molar-refractivity contribution in [2.45, 2.75) is 89.4 Å². The van der Waals surface area contributed by atoms with Crippen molar-refractivity contribution < 1.29 is 0 Å². The lowest BCUT2D eigenvalue weighted by molar-refractivity contribution is 0.652. The second-order valence-electron chi connectivity index (χ2n) is 32.3. The first-order valence-corrected chi connectivity index (χ1v) is 37.3. The van der Waals surface area contributed by atoms with E-state index in [-0.39, 0.29) is 27.6 Å². The molecule has 0 saturated heterocycles. The molecule has 21 rings (SSSR count). The lowest BCUT2D eigenvalue weighted by Gasteiger charge is -2.31. The Kier molecular flexibility index (Phi) is 12.8. The highest BCUT2D eigenvalue weighted by Gasteiger charge is 2.44. The number of fused-ring (bicyclic) bond motifs is 20. The van der Waals surface area contributed by atoms with E-state index in [0.29, 0.717) is 0 Å². The van der Waals surface area contributed by atoms with Gasteiger partial charge in [0.15, 0.2) is 0 Å². The molecule has 6 aliphatic carbocycles. The number of allylic oxidation sites excluding steroid dienone is 5. The zero-order valence-corrected chi connectivity index (χ0v) is 60.1. The Hall–Kier alpha value is -11.8. The van der Waals surface area contributed by atoms with Gasteiger partial charge in [0.25, 0.3) is 0 Å². The third-order valence-corrected chi connectivity index (χ3v) is 25.4. The van der Waals surface area contributed by atoms with Crippen LogP contribution in [0, 0.1) is 0 Å². The molecule has 0 saturated carbocycles. The van der Waals surface area contributed by atoms with Crippen LogP contribution in [0.15, 0.2) is 309 Å². The normalized spacial score (nSPS) is 16.5. The molecule has 0 aromatic heterocycles. The molecule has 0 radical (unpaired) electrons. The van der Waals surface area contributed by atoms with E-state index in [0.717, 1.165) is 40.5 Å². The number of rotatable bonds is 8. The van der Waals surface area contributed by atoms with Crippen LogP contribution in [0.3, 0.4) is 0 Å². The summed E-state index contributed by atoms with van der Waals surface area (Å²) in [5, 5.41) is 9.84. The van der Waals surface area contributed by atoms with Gasteiger partial charge in [0.05, 0.1) is 0 Å². The fourth-order valence-corrected chi connectivity index (χ4v) is 20.0. The van der Waals surface area contributed by atoms with E-state index < -0.39 is 0 Å². The molecule has 1 unspecified atom stereocenters. The molecule has 2 nitrogen and oxygen atoms in total. The predicted molar refractivity (Wildman–Crippen MR) is 440 cm³/mol. The van der Waals surface area contributed by atoms with Crippen LogP contribution in [0.1, 0.15) is 129 Å². The van der Waals surface area contributed by atoms with Crippen molar-refractivity contribution in [3.05, 3.63) is 370 Å². The molecule has 0 amide bonds. The van der Waals surface area contributed by atoms with Crippen LogP contribution in [0.25, 0.3) is 110 Å². The lowest BCUT2D eigenvalue weighted by atomic mass is 9.74. The van der Waals surface area contributed by atoms with Crippen molar-refractivity contribution in [3.63, 3.8) is 0 Å². The summed E-state index contributed by atoms with van der Waals surface area (Å²) in [4.78, 5) is 5.04. The van der Waals surface area contributed by atoms with Gasteiger partial charge in [-0.3, -0.25) is 0 Å². The maximum absolute atomic E-state index is 2.55. The van der Waals surface area contributed by atoms with Gasteiger partial charge in [-0.2, -0.15) is 0 Å². The van der Waals surface area contributed by atoms with E-state index in [1.54, 1.807) is 0 Å². The monoisotopic (exact) mass is 1330 g/mol. The Bertz CT molecular complexity index is 6380. The topological polar surface area (TPSA) is 6.48 Å². The summed E-state index contributed by atoms with van der Waals surface area (Å²) in [7, 11) is 0. The first kappa shape index (κ1) is 60.9. The highest BCUT2D eigenvalue weighted by atomic mass is 15.1. The highest BCUT2D eigenvalue weighted by molar-refractivity contribution is 6.22. The van der Waals surface area contributed by atoms with Crippen molar-refractivity contribution in [1.29, 1.82) is 0 Å². The summed E-state index contributed by atoms with van der Waals surface area (Å²) < 4.78 is 0. The minimum atomic E-state index is -0.259. The largest absolute Gasteiger partial charge is 0.310 e. The Morgan fingerprint density at radius 2 is 0.692 bits per heavy atom. The number of anilines is 6. The average Bonchev–Trinajstić information content (AvgIpc) is 1.15. The van der Waals surface area contributed by atoms with Gasteiger partial charge in [-0.1, -0.05) is 262 Å². The first-order chi connectivity index (χ1) is 50.6. The molecule has 496 valence electrons. The Morgan fingerprint density at radius 3 is 1.26 bits per heavy atom. The van der Waals surface area contributed by atoms with Gasteiger partial charge >= 0.3 is 0 Å². The maximum Gasteiger partial charge on any atom is 0.0468 e. The number of hydrogen-bond acceptors (Lipinski definition) is 2. The van der Waals surface area contributed by atoms with Crippen LogP contribution in [0.2, 0.25) is 0 Å². The summed E-state index contributed by atoms with van der Waals surface area (Å²) in [5.41, 5.74) is 37.0. The average molecular weight is 1330 g/mol. The van der Waals surface area contributed by atoms with Crippen molar-refractivity contribution in [2.24, 2.45) is 0 Å². The van der Waals surface area contributed by atoms with Crippen molar-refractivity contribution in [1.82, 2.24) is 0 Å². The molecule has 0 bridgehead atoms. The molecule has 0 heterocycles. The molecule has 1 atom stereocenters. The third-order valence-electron chi connectivity index (χ3n) is 25.4. The van der Waals surface area contributed by atoms with Gasteiger partial charge in [-0.25, -0.2) is 0 Å². The molecule has 0 fully saturated rings. The van der Waals surface area contributed by atoms with Gasteiger partial charge in [-0.15, -0.1) is 0 Å². The maximum atomic E-state index is 2.55. The Morgan fingerprint density at radius 1 is 0.269 bits per heavy atom. The third kappa shape index (κ3) is 8.63. The molecule has 104 heavy (non-hydrogen) atoms. The van der Waals surface area contributed by atoms with E-state index in [9.17, 15) is 0 Å². The standard InChI is InChI=1S/C102H78N2/c1-99(2)89-33-21-19-31-75(89)83-57-95-85(59-93(83)99)77-47-43-71(55-91(77)101(95,5)6)103(67-25-11-9-12-26-67)69-45-49-79-87(53-69)97(65-41-39-63-37-35-61-23-15-17-29-73(61)81(63)51-65)80-50-46-70(54-88(80)98(79)66-42-40-64-38-36-62-24-16-18-30-74(62)82(64)52-66)104(68-27-13-10-14-28-68)72-44-48-78-86-60-94-84(58-96(86)102(7,8)92(78)56-72)76-32-20-22-34-90(76)100(94,3)4/h9-51,53-60,82H,52H2,1-8H3. The van der Waals surface area contributed by atoms with E-state index in [1.807, 2.05) is 0 Å². The number of nitrogens with zero attached hydrogens (tertiary/aromatic N) is 2. The highest BCUT2D eigenvalue weighted by Crippen LogP contribution is 2.60. The van der Waals surface area contributed by atoms with E-state index >= 15 is 0 Å². The fraction of sp³-hybridized carbons (Fsp3) is 0.137. The summed E-state index contributed by atoms with van der Waals surface area (Å²) in [6.45, 7) is 19.4. The predicted octanol–water partition coefficient (Wildman–Crippen LogP) is 27.7. The van der Waals surface area contributed by atoms with Gasteiger partial charge in [0.2, 0.25) is 0 Å². The molecule has 15 aromatic rings. The molecule has 6 aliphatic rings. The summed E-state index contributed by atoms with van der Waals surface area (Å²) >= 11 is 0. The van der Waals surface area contributed by atoms with Crippen molar-refractivity contribution in [3.8, 4) is 55.6 Å². The second kappa shape index (κ2) is 21.8. The van der Waals surface area contributed by atoms with E-state index in [2.05, 4.69) is 375 Å². The van der Waals surface area contributed by atoms with Crippen molar-refractivity contribution in [2.75, 3.05) is 9.80 Å². The minimum Gasteiger partial charge on any atom is -0.310 e. The number of hydrogen-bond donors (Lipinski definition) is 0. The molecule has 0 spiro atoms. The summed E-state index contributed by atoms with van der Waals surface area (Å²) in [6.07, 6.45) is 10.4. The van der Waals surface area contributed by atoms with Crippen LogP contribution in [-0.2, 0) is 21.7 Å². The Balaban J connectivity index is 0.794. The smallest absolute Gasteiger partial charge is 0.0468 e. The lowest BCUT2D eigenvalue weighted by Crippen LogP contribution is -2.17. The summed E-state index contributed by atoms with van der Waals surface area (Å²) in [5.74, 6) is 0.200. The molecular formula is C102H78N2. The molecule has 2 heteroatoms. The van der Waals surface area contributed by atoms with Gasteiger partial charge in [0.1, 0.15) is 0 Å². The van der Waals surface area contributed by atoms with Crippen molar-refractivity contribution >= 4 is 88.9 Å². The van der Waals surface area contributed by atoms with Crippen LogP contribution < -0.4 is 9.80 Å². The van der Waals surface area contributed by atoms with Crippen LogP contribution in [0.4, 0.5) is 34.1 Å². The SMILES string of the molecule is CC1(C)c2ccccc2-c2cc3c(cc21)-c1ccc(N(c2ccccc2)c2ccc4c(-c5ccc6ccc7ccccc7c6c5)c5cc(N(c6ccccc6)c6ccc7c(c6)C(C)(C)c6cc8c(cc6-7)C(C)(C)c6ccccc6-8)ccc5c(C5=CC=C6C=Cc7ccccc7C6C5)c4c2)cc1C3(C)C.